The molecule has 0 aliphatic carbocycles. The maximum absolute atomic E-state index is 12.6. The number of nitrogens with zero attached hydrogens (tertiary/aromatic N) is 2. The van der Waals surface area contributed by atoms with Crippen molar-refractivity contribution in [1.82, 2.24) is 9.80 Å². The molecule has 2 aliphatic heterocycles. The zero-order valence-electron chi connectivity index (χ0n) is 16.2. The minimum atomic E-state index is -0.0139. The van der Waals surface area contributed by atoms with E-state index in [2.05, 4.69) is 0 Å². The van der Waals surface area contributed by atoms with Gasteiger partial charge < -0.3 is 9.64 Å². The Kier molecular flexibility index (Phi) is 7.65. The summed E-state index contributed by atoms with van der Waals surface area (Å²) in [5.41, 5.74) is 2.20. The van der Waals surface area contributed by atoms with Crippen LogP contribution in [0.3, 0.4) is 0 Å². The Morgan fingerprint density at radius 1 is 1.18 bits per heavy atom. The Hall–Kier alpha value is -1.70. The van der Waals surface area contributed by atoms with Crippen molar-refractivity contribution in [2.24, 2.45) is 0 Å². The molecule has 0 unspecified atom stereocenters. The number of hydrogen-bond donors (Lipinski definition) is 0. The first-order chi connectivity index (χ1) is 13.5. The third-order valence-electron chi connectivity index (χ3n) is 4.88. The molecular formula is C21H26N2O3S2. The summed E-state index contributed by atoms with van der Waals surface area (Å²) < 4.78 is 5.89. The number of thioether (sulfide) groups is 1. The van der Waals surface area contributed by atoms with Crippen LogP contribution in [0, 0.1) is 6.92 Å². The smallest absolute Gasteiger partial charge is 0.266 e. The van der Waals surface area contributed by atoms with Crippen molar-refractivity contribution in [3.63, 3.8) is 0 Å². The van der Waals surface area contributed by atoms with Crippen molar-refractivity contribution in [2.75, 3.05) is 32.8 Å². The fourth-order valence-electron chi connectivity index (χ4n) is 3.20. The van der Waals surface area contributed by atoms with E-state index in [-0.39, 0.29) is 11.8 Å². The van der Waals surface area contributed by atoms with Gasteiger partial charge in [-0.05, 0) is 31.4 Å². The van der Waals surface area contributed by atoms with Crippen LogP contribution in [0.5, 0.6) is 0 Å². The van der Waals surface area contributed by atoms with Crippen LogP contribution in [0.2, 0.25) is 0 Å². The number of carbonyl (C=O) groups is 2. The number of unbranched alkanes of at least 4 members (excludes halogenated alkanes) is 2. The minimum Gasteiger partial charge on any atom is -0.378 e. The Labute approximate surface area is 176 Å². The van der Waals surface area contributed by atoms with Gasteiger partial charge in [0.15, 0.2) is 0 Å². The lowest BCUT2D eigenvalue weighted by Gasteiger charge is -2.26. The highest BCUT2D eigenvalue weighted by atomic mass is 32.2. The van der Waals surface area contributed by atoms with E-state index in [4.69, 9.17) is 17.0 Å². The summed E-state index contributed by atoms with van der Waals surface area (Å²) in [6.07, 6.45) is 5.06. The first-order valence-corrected chi connectivity index (χ1v) is 10.9. The second-order valence-electron chi connectivity index (χ2n) is 7.05. The van der Waals surface area contributed by atoms with Crippen LogP contribution in [-0.2, 0) is 14.3 Å². The number of ether oxygens (including phenoxy) is 1. The summed E-state index contributed by atoms with van der Waals surface area (Å²) in [4.78, 5) is 29.0. The molecule has 2 fully saturated rings. The highest BCUT2D eigenvalue weighted by Gasteiger charge is 2.31. The van der Waals surface area contributed by atoms with Crippen molar-refractivity contribution >= 4 is 46.2 Å². The van der Waals surface area contributed by atoms with Gasteiger partial charge in [0.2, 0.25) is 5.91 Å². The second kappa shape index (κ2) is 10.2. The highest BCUT2D eigenvalue weighted by Crippen LogP contribution is 2.32. The van der Waals surface area contributed by atoms with Gasteiger partial charge in [-0.2, -0.15) is 0 Å². The zero-order valence-corrected chi connectivity index (χ0v) is 17.8. The number of benzene rings is 1. The summed E-state index contributed by atoms with van der Waals surface area (Å²) in [5.74, 6) is 0.190. The van der Waals surface area contributed by atoms with Gasteiger partial charge in [-0.3, -0.25) is 14.5 Å². The number of amides is 2. The Balaban J connectivity index is 1.42. The molecule has 0 spiro atoms. The Morgan fingerprint density at radius 3 is 2.61 bits per heavy atom. The van der Waals surface area contributed by atoms with Crippen LogP contribution < -0.4 is 0 Å². The zero-order chi connectivity index (χ0) is 19.9. The summed E-state index contributed by atoms with van der Waals surface area (Å²) in [6.45, 7) is 5.32. The van der Waals surface area contributed by atoms with Crippen molar-refractivity contribution in [3.05, 3.63) is 40.3 Å². The van der Waals surface area contributed by atoms with Gasteiger partial charge in [0, 0.05) is 26.1 Å². The molecule has 0 atom stereocenters. The molecule has 5 nitrogen and oxygen atoms in total. The molecule has 1 aromatic carbocycles. The predicted octanol–water partition coefficient (Wildman–Crippen LogP) is 3.62. The van der Waals surface area contributed by atoms with Crippen molar-refractivity contribution < 1.29 is 14.3 Å². The Morgan fingerprint density at radius 2 is 1.89 bits per heavy atom. The van der Waals surface area contributed by atoms with E-state index in [1.807, 2.05) is 42.2 Å². The van der Waals surface area contributed by atoms with Crippen molar-refractivity contribution in [3.8, 4) is 0 Å². The maximum atomic E-state index is 12.6. The molecule has 0 radical (unpaired) electrons. The fraction of sp³-hybridized carbons (Fsp3) is 0.476. The van der Waals surface area contributed by atoms with E-state index in [0.717, 1.165) is 24.8 Å². The summed E-state index contributed by atoms with van der Waals surface area (Å²) in [7, 11) is 0. The quantitative estimate of drug-likeness (QED) is 0.385. The standard InChI is InChI=1S/C21H26N2O3S2/c1-16-6-8-17(9-7-16)15-18-20(25)23(21(27)28-18)10-4-2-3-5-19(24)22-11-13-26-14-12-22/h6-9,15H,2-5,10-14H2,1H3/b18-15-. The van der Waals surface area contributed by atoms with E-state index in [1.165, 1.54) is 17.3 Å². The van der Waals surface area contributed by atoms with Crippen LogP contribution in [0.15, 0.2) is 29.2 Å². The number of morpholine rings is 1. The number of thiocarbonyl (C=S) groups is 1. The third kappa shape index (κ3) is 5.65. The van der Waals surface area contributed by atoms with Gasteiger partial charge in [0.25, 0.3) is 5.91 Å². The van der Waals surface area contributed by atoms with Crippen molar-refractivity contribution in [2.45, 2.75) is 32.6 Å². The molecule has 2 saturated heterocycles. The van der Waals surface area contributed by atoms with Gasteiger partial charge in [-0.25, -0.2) is 0 Å². The topological polar surface area (TPSA) is 49.9 Å². The molecule has 150 valence electrons. The minimum absolute atomic E-state index is 0.0139. The molecule has 1 aromatic rings. The lowest BCUT2D eigenvalue weighted by atomic mass is 10.1. The van der Waals surface area contributed by atoms with E-state index in [9.17, 15) is 9.59 Å². The molecule has 2 heterocycles. The molecule has 3 rings (SSSR count). The number of carbonyl (C=O) groups excluding carboxylic acids is 2. The largest absolute Gasteiger partial charge is 0.378 e. The Bertz CT molecular complexity index is 755. The monoisotopic (exact) mass is 418 g/mol. The molecule has 7 heteroatoms. The fourth-order valence-corrected chi connectivity index (χ4v) is 4.51. The molecule has 2 amide bonds. The van der Waals surface area contributed by atoms with Gasteiger partial charge in [0.05, 0.1) is 18.1 Å². The number of aryl methyl sites for hydroxylation is 1. The summed E-state index contributed by atoms with van der Waals surface area (Å²) in [6, 6.07) is 8.08. The molecule has 0 bridgehead atoms. The average molecular weight is 419 g/mol. The molecular weight excluding hydrogens is 392 g/mol. The van der Waals surface area contributed by atoms with Crippen LogP contribution in [0.1, 0.15) is 36.8 Å². The molecule has 28 heavy (non-hydrogen) atoms. The van der Waals surface area contributed by atoms with Gasteiger partial charge in [-0.1, -0.05) is 60.2 Å². The summed E-state index contributed by atoms with van der Waals surface area (Å²) in [5, 5.41) is 0. The highest BCUT2D eigenvalue weighted by molar-refractivity contribution is 8.26. The van der Waals surface area contributed by atoms with Crippen LogP contribution in [0.25, 0.3) is 6.08 Å². The number of rotatable bonds is 7. The van der Waals surface area contributed by atoms with Gasteiger partial charge in [0.1, 0.15) is 4.32 Å². The first kappa shape index (κ1) is 21.0. The molecule has 0 saturated carbocycles. The van der Waals surface area contributed by atoms with E-state index in [0.29, 0.717) is 48.5 Å². The van der Waals surface area contributed by atoms with E-state index >= 15 is 0 Å². The van der Waals surface area contributed by atoms with Crippen LogP contribution >= 0.6 is 24.0 Å². The maximum Gasteiger partial charge on any atom is 0.266 e. The van der Waals surface area contributed by atoms with Crippen molar-refractivity contribution in [1.29, 1.82) is 0 Å². The first-order valence-electron chi connectivity index (χ1n) is 9.72. The second-order valence-corrected chi connectivity index (χ2v) is 8.72. The normalized spacial score (nSPS) is 19.0. The molecule has 0 aromatic heterocycles. The lowest BCUT2D eigenvalue weighted by molar-refractivity contribution is -0.135. The molecule has 2 aliphatic rings. The SMILES string of the molecule is Cc1ccc(/C=C2\SC(=S)N(CCCCCC(=O)N3CCOCC3)C2=O)cc1. The average Bonchev–Trinajstić information content (AvgIpc) is 2.97. The number of hydrogen-bond acceptors (Lipinski definition) is 5. The van der Waals surface area contributed by atoms with Crippen LogP contribution in [-0.4, -0.2) is 58.8 Å². The third-order valence-corrected chi connectivity index (χ3v) is 6.26. The van der Waals surface area contributed by atoms with Gasteiger partial charge >= 0.3 is 0 Å². The lowest BCUT2D eigenvalue weighted by Crippen LogP contribution is -2.40. The molecule has 0 N–H and O–H groups in total. The summed E-state index contributed by atoms with van der Waals surface area (Å²) >= 11 is 6.76. The van der Waals surface area contributed by atoms with Crippen LogP contribution in [0.4, 0.5) is 0 Å². The predicted molar refractivity (Wildman–Crippen MR) is 117 cm³/mol. The van der Waals surface area contributed by atoms with Gasteiger partial charge in [-0.15, -0.1) is 0 Å². The van der Waals surface area contributed by atoms with E-state index < -0.39 is 0 Å². The van der Waals surface area contributed by atoms with E-state index in [1.54, 1.807) is 4.90 Å².